The van der Waals surface area contributed by atoms with Crippen LogP contribution in [0.4, 0.5) is 0 Å². The first-order valence-electron chi connectivity index (χ1n) is 10.6. The fourth-order valence-corrected chi connectivity index (χ4v) is 4.60. The largest absolute Gasteiger partial charge is 0.489 e. The molecule has 2 aliphatic heterocycles. The first kappa shape index (κ1) is 19.9. The maximum atomic E-state index is 12.7. The third-order valence-corrected chi connectivity index (χ3v) is 6.33. The quantitative estimate of drug-likeness (QED) is 0.496. The lowest BCUT2D eigenvalue weighted by Gasteiger charge is -2.38. The highest BCUT2D eigenvalue weighted by Gasteiger charge is 2.40. The van der Waals surface area contributed by atoms with E-state index in [2.05, 4.69) is 6.92 Å². The summed E-state index contributed by atoms with van der Waals surface area (Å²) in [7, 11) is 1.68. The molecule has 0 N–H and O–H groups in total. The van der Waals surface area contributed by atoms with Gasteiger partial charge in [-0.25, -0.2) is 4.79 Å². The molecule has 0 saturated heterocycles. The van der Waals surface area contributed by atoms with Crippen LogP contribution >= 0.6 is 0 Å². The smallest absolute Gasteiger partial charge is 0.336 e. The van der Waals surface area contributed by atoms with Crippen molar-refractivity contribution in [1.29, 1.82) is 0 Å². The molecule has 0 bridgehead atoms. The molecule has 2 aromatic carbocycles. The van der Waals surface area contributed by atoms with Gasteiger partial charge in [-0.05, 0) is 38.5 Å². The number of benzene rings is 2. The molecule has 0 amide bonds. The van der Waals surface area contributed by atoms with Gasteiger partial charge in [0, 0.05) is 24.7 Å². The molecule has 2 aliphatic rings. The molecular weight excluding hydrogens is 392 g/mol. The summed E-state index contributed by atoms with van der Waals surface area (Å²) in [5, 5.41) is 0.768. The van der Waals surface area contributed by atoms with Crippen molar-refractivity contribution in [2.45, 2.75) is 45.5 Å². The van der Waals surface area contributed by atoms with Crippen LogP contribution in [0, 0.1) is 5.92 Å². The molecule has 0 aliphatic carbocycles. The molecule has 0 fully saturated rings. The highest BCUT2D eigenvalue weighted by molar-refractivity contribution is 6.04. The van der Waals surface area contributed by atoms with Crippen molar-refractivity contribution in [2.75, 3.05) is 7.11 Å². The fourth-order valence-electron chi connectivity index (χ4n) is 4.60. The molecule has 3 atom stereocenters. The Morgan fingerprint density at radius 2 is 1.81 bits per heavy atom. The van der Waals surface area contributed by atoms with Gasteiger partial charge in [-0.15, -0.1) is 0 Å². The Morgan fingerprint density at radius 3 is 2.52 bits per heavy atom. The monoisotopic (exact) mass is 418 g/mol. The van der Waals surface area contributed by atoms with Crippen molar-refractivity contribution in [1.82, 2.24) is 0 Å². The minimum Gasteiger partial charge on any atom is -0.489 e. The summed E-state index contributed by atoms with van der Waals surface area (Å²) in [6, 6.07) is 11.4. The van der Waals surface area contributed by atoms with Crippen LogP contribution in [-0.4, -0.2) is 18.8 Å². The lowest BCUT2D eigenvalue weighted by molar-refractivity contribution is -0.0125. The molecule has 3 aromatic rings. The fraction of sp³-hybridized carbons (Fsp3) is 0.346. The molecule has 0 spiro atoms. The van der Waals surface area contributed by atoms with E-state index in [1.807, 2.05) is 63.3 Å². The third-order valence-electron chi connectivity index (χ3n) is 6.33. The van der Waals surface area contributed by atoms with Crippen LogP contribution in [0.25, 0.3) is 28.2 Å². The predicted molar refractivity (Wildman–Crippen MR) is 121 cm³/mol. The summed E-state index contributed by atoms with van der Waals surface area (Å²) in [6.45, 7) is 8.12. The summed E-state index contributed by atoms with van der Waals surface area (Å²) in [4.78, 5) is 12.7. The minimum absolute atomic E-state index is 0.0636. The van der Waals surface area contributed by atoms with E-state index < -0.39 is 11.2 Å². The molecule has 5 heteroatoms. The maximum absolute atomic E-state index is 12.7. The Bertz CT molecular complexity index is 1250. The average molecular weight is 418 g/mol. The first-order valence-corrected chi connectivity index (χ1v) is 10.6. The highest BCUT2D eigenvalue weighted by atomic mass is 16.5. The van der Waals surface area contributed by atoms with E-state index in [0.29, 0.717) is 17.1 Å². The predicted octanol–water partition coefficient (Wildman–Crippen LogP) is 5.75. The van der Waals surface area contributed by atoms with Crippen molar-refractivity contribution >= 4 is 17.0 Å². The van der Waals surface area contributed by atoms with E-state index in [-0.39, 0.29) is 18.1 Å². The Balaban J connectivity index is 1.97. The van der Waals surface area contributed by atoms with Gasteiger partial charge in [0.15, 0.2) is 5.58 Å². The van der Waals surface area contributed by atoms with Gasteiger partial charge in [-0.3, -0.25) is 0 Å². The van der Waals surface area contributed by atoms with Crippen molar-refractivity contribution in [3.63, 3.8) is 0 Å². The molecule has 160 valence electrons. The standard InChI is InChI=1S/C26H26O5/c1-14-15(2)29-23-17-11-12-26(3,4)31-24(17)20-18(16-9-7-6-8-10-16)13-19(27)30-25(20)21(23)22(14)28-5/h6-15,22H,1-5H3/t14-,15-,22-/m0/s1. The van der Waals surface area contributed by atoms with Crippen LogP contribution in [0.2, 0.25) is 0 Å². The molecular formula is C26H26O5. The van der Waals surface area contributed by atoms with E-state index in [1.54, 1.807) is 7.11 Å². The van der Waals surface area contributed by atoms with Crippen LogP contribution in [-0.2, 0) is 4.74 Å². The molecule has 0 saturated carbocycles. The van der Waals surface area contributed by atoms with Crippen LogP contribution in [0.5, 0.6) is 11.5 Å². The van der Waals surface area contributed by atoms with Gasteiger partial charge in [0.2, 0.25) is 0 Å². The zero-order chi connectivity index (χ0) is 21.9. The van der Waals surface area contributed by atoms with E-state index in [9.17, 15) is 4.79 Å². The second-order valence-electron chi connectivity index (χ2n) is 8.91. The van der Waals surface area contributed by atoms with Crippen molar-refractivity contribution in [3.8, 4) is 22.6 Å². The number of hydrogen-bond donors (Lipinski definition) is 0. The topological polar surface area (TPSA) is 57.9 Å². The Hall–Kier alpha value is -3.05. The lowest BCUT2D eigenvalue weighted by Crippen LogP contribution is -2.35. The van der Waals surface area contributed by atoms with Gasteiger partial charge < -0.3 is 18.6 Å². The molecule has 0 unspecified atom stereocenters. The Labute approximate surface area is 181 Å². The zero-order valence-corrected chi connectivity index (χ0v) is 18.4. The second-order valence-corrected chi connectivity index (χ2v) is 8.91. The van der Waals surface area contributed by atoms with Gasteiger partial charge in [-0.2, -0.15) is 0 Å². The zero-order valence-electron chi connectivity index (χ0n) is 18.4. The molecule has 5 nitrogen and oxygen atoms in total. The number of methoxy groups -OCH3 is 1. The second kappa shape index (κ2) is 6.99. The maximum Gasteiger partial charge on any atom is 0.336 e. The highest BCUT2D eigenvalue weighted by Crippen LogP contribution is 2.53. The van der Waals surface area contributed by atoms with Crippen molar-refractivity contribution in [2.24, 2.45) is 5.92 Å². The third kappa shape index (κ3) is 3.07. The SMILES string of the molecule is CO[C@@H]1c2c(c3c(c4c(-c5ccccc5)cc(=O)oc24)OC(C)(C)C=C3)O[C@@H](C)[C@@H]1C. The van der Waals surface area contributed by atoms with E-state index in [4.69, 9.17) is 18.6 Å². The van der Waals surface area contributed by atoms with Gasteiger partial charge in [-0.1, -0.05) is 37.3 Å². The summed E-state index contributed by atoms with van der Waals surface area (Å²) in [5.74, 6) is 1.41. The van der Waals surface area contributed by atoms with Gasteiger partial charge >= 0.3 is 5.63 Å². The van der Waals surface area contributed by atoms with Gasteiger partial charge in [0.25, 0.3) is 0 Å². The van der Waals surface area contributed by atoms with Crippen LogP contribution in [0.15, 0.2) is 51.7 Å². The van der Waals surface area contributed by atoms with Gasteiger partial charge in [0.1, 0.15) is 23.2 Å². The molecule has 0 radical (unpaired) electrons. The van der Waals surface area contributed by atoms with Crippen LogP contribution in [0.3, 0.4) is 0 Å². The molecule has 1 aromatic heterocycles. The van der Waals surface area contributed by atoms with E-state index in [0.717, 1.165) is 27.6 Å². The van der Waals surface area contributed by atoms with Crippen LogP contribution < -0.4 is 15.1 Å². The average Bonchev–Trinajstić information content (AvgIpc) is 2.74. The van der Waals surface area contributed by atoms with E-state index >= 15 is 0 Å². The molecule has 5 rings (SSSR count). The van der Waals surface area contributed by atoms with E-state index in [1.165, 1.54) is 6.07 Å². The van der Waals surface area contributed by atoms with Gasteiger partial charge in [0.05, 0.1) is 22.6 Å². The lowest BCUT2D eigenvalue weighted by atomic mass is 9.84. The van der Waals surface area contributed by atoms with Crippen molar-refractivity contribution < 1.29 is 18.6 Å². The molecule has 31 heavy (non-hydrogen) atoms. The minimum atomic E-state index is -0.507. The summed E-state index contributed by atoms with van der Waals surface area (Å²) >= 11 is 0. The number of rotatable bonds is 2. The Morgan fingerprint density at radius 1 is 1.06 bits per heavy atom. The van der Waals surface area contributed by atoms with Crippen molar-refractivity contribution in [3.05, 3.63) is 64.0 Å². The summed E-state index contributed by atoms with van der Waals surface area (Å²) < 4.78 is 24.6. The Kier molecular flexibility index (Phi) is 4.48. The number of fused-ring (bicyclic) bond motifs is 6. The normalized spacial score (nSPS) is 23.6. The summed E-state index contributed by atoms with van der Waals surface area (Å²) in [5.41, 5.74) is 2.87. The number of ether oxygens (including phenoxy) is 3. The number of hydrogen-bond acceptors (Lipinski definition) is 5. The molecule has 3 heterocycles. The first-order chi connectivity index (χ1) is 14.8. The van der Waals surface area contributed by atoms with Crippen LogP contribution in [0.1, 0.15) is 44.9 Å². The summed E-state index contributed by atoms with van der Waals surface area (Å²) in [6.07, 6.45) is 3.73.